The van der Waals surface area contributed by atoms with E-state index in [1.165, 1.54) is 0 Å². The Bertz CT molecular complexity index is 823. The van der Waals surface area contributed by atoms with Gasteiger partial charge in [-0.2, -0.15) is 0 Å². The fourth-order valence-electron chi connectivity index (χ4n) is 3.71. The molecule has 28 heavy (non-hydrogen) atoms. The first kappa shape index (κ1) is 19.9. The molecule has 148 valence electrons. The monoisotopic (exact) mass is 380 g/mol. The molecule has 0 aromatic heterocycles. The van der Waals surface area contributed by atoms with Gasteiger partial charge in [0.05, 0.1) is 12.5 Å². The number of carbonyl (C=O) groups excluding carboxylic acids is 2. The number of ether oxygens (including phenoxy) is 1. The Balaban J connectivity index is 1.73. The molecule has 1 N–H and O–H groups in total. The van der Waals surface area contributed by atoms with Gasteiger partial charge in [-0.3, -0.25) is 9.59 Å². The molecule has 0 saturated carbocycles. The lowest BCUT2D eigenvalue weighted by molar-refractivity contribution is -0.122. The first-order valence-electron chi connectivity index (χ1n) is 10.0. The van der Waals surface area contributed by atoms with Crippen molar-refractivity contribution in [1.29, 1.82) is 0 Å². The van der Waals surface area contributed by atoms with Crippen LogP contribution in [0.4, 0.5) is 11.4 Å². The number of rotatable bonds is 7. The Kier molecular flexibility index (Phi) is 6.34. The molecule has 1 heterocycles. The van der Waals surface area contributed by atoms with Gasteiger partial charge in [-0.15, -0.1) is 0 Å². The lowest BCUT2D eigenvalue weighted by atomic mass is 10.0. The Morgan fingerprint density at radius 1 is 1.07 bits per heavy atom. The van der Waals surface area contributed by atoms with Crippen LogP contribution >= 0.6 is 0 Å². The number of nitrogens with one attached hydrogen (secondary N) is 1. The van der Waals surface area contributed by atoms with Crippen molar-refractivity contribution in [3.8, 4) is 5.75 Å². The first-order chi connectivity index (χ1) is 13.6. The number of nitrogens with zero attached hydrogens (tertiary/aromatic N) is 1. The maximum Gasteiger partial charge on any atom is 0.229 e. The van der Waals surface area contributed by atoms with E-state index in [-0.39, 0.29) is 24.2 Å². The highest BCUT2D eigenvalue weighted by Gasteiger charge is 2.36. The highest BCUT2D eigenvalue weighted by Crippen LogP contribution is 2.33. The summed E-state index contributed by atoms with van der Waals surface area (Å²) in [5.41, 5.74) is 4.01. The summed E-state index contributed by atoms with van der Waals surface area (Å²) >= 11 is 0. The number of hydrogen-bond donors (Lipinski definition) is 1. The topological polar surface area (TPSA) is 58.6 Å². The van der Waals surface area contributed by atoms with Crippen molar-refractivity contribution in [3.63, 3.8) is 0 Å². The summed E-state index contributed by atoms with van der Waals surface area (Å²) < 4.78 is 5.42. The van der Waals surface area contributed by atoms with E-state index in [2.05, 4.69) is 31.3 Å². The molecule has 1 fully saturated rings. The van der Waals surface area contributed by atoms with E-state index in [9.17, 15) is 9.59 Å². The van der Waals surface area contributed by atoms with Gasteiger partial charge in [0.2, 0.25) is 11.8 Å². The van der Waals surface area contributed by atoms with Crippen molar-refractivity contribution < 1.29 is 14.3 Å². The molecular weight excluding hydrogens is 352 g/mol. The van der Waals surface area contributed by atoms with Gasteiger partial charge in [-0.05, 0) is 55.2 Å². The van der Waals surface area contributed by atoms with E-state index >= 15 is 0 Å². The fraction of sp³-hybridized carbons (Fsp3) is 0.391. The van der Waals surface area contributed by atoms with Gasteiger partial charge in [0.1, 0.15) is 5.75 Å². The van der Waals surface area contributed by atoms with Crippen molar-refractivity contribution in [2.45, 2.75) is 40.0 Å². The second-order valence-electron chi connectivity index (χ2n) is 6.98. The second kappa shape index (κ2) is 8.91. The summed E-state index contributed by atoms with van der Waals surface area (Å²) in [6.45, 7) is 7.14. The molecule has 0 radical (unpaired) electrons. The number of benzene rings is 2. The molecule has 0 bridgehead atoms. The number of carbonyl (C=O) groups is 2. The predicted molar refractivity (Wildman–Crippen MR) is 112 cm³/mol. The molecule has 2 aromatic rings. The molecule has 3 rings (SSSR count). The lowest BCUT2D eigenvalue weighted by Gasteiger charge is -2.23. The Morgan fingerprint density at radius 2 is 1.71 bits per heavy atom. The van der Waals surface area contributed by atoms with Gasteiger partial charge in [0.15, 0.2) is 0 Å². The summed E-state index contributed by atoms with van der Waals surface area (Å²) in [6, 6.07) is 13.5. The van der Waals surface area contributed by atoms with Gasteiger partial charge >= 0.3 is 0 Å². The normalized spacial score (nSPS) is 16.3. The van der Waals surface area contributed by atoms with Crippen molar-refractivity contribution >= 4 is 23.2 Å². The third-order valence-electron chi connectivity index (χ3n) is 5.16. The molecule has 2 aromatic carbocycles. The van der Waals surface area contributed by atoms with Crippen molar-refractivity contribution in [1.82, 2.24) is 0 Å². The third-order valence-corrected chi connectivity index (χ3v) is 5.16. The molecule has 0 aliphatic carbocycles. The molecule has 5 heteroatoms. The molecule has 1 aliphatic rings. The SMILES string of the molecule is CCOc1ccc(NC(=O)C2CC(=O)N(c3c(CC)cccc3CC)C2)cc1. The van der Waals surface area contributed by atoms with E-state index in [1.54, 1.807) is 4.90 Å². The van der Waals surface area contributed by atoms with Gasteiger partial charge in [-0.25, -0.2) is 0 Å². The van der Waals surface area contributed by atoms with Crippen LogP contribution in [0.5, 0.6) is 5.75 Å². The standard InChI is InChI=1S/C23H28N2O3/c1-4-16-8-7-9-17(5-2)22(16)25-15-18(14-21(25)26)23(27)24-19-10-12-20(13-11-19)28-6-3/h7-13,18H,4-6,14-15H2,1-3H3,(H,24,27). The minimum Gasteiger partial charge on any atom is -0.494 e. The average molecular weight is 380 g/mol. The van der Waals surface area contributed by atoms with E-state index in [4.69, 9.17) is 4.74 Å². The summed E-state index contributed by atoms with van der Waals surface area (Å²) in [7, 11) is 0. The zero-order valence-corrected chi connectivity index (χ0v) is 16.8. The van der Waals surface area contributed by atoms with Crippen LogP contribution in [0.15, 0.2) is 42.5 Å². The van der Waals surface area contributed by atoms with Gasteiger partial charge in [0, 0.05) is 24.3 Å². The summed E-state index contributed by atoms with van der Waals surface area (Å²) in [5.74, 6) is 0.314. The second-order valence-corrected chi connectivity index (χ2v) is 6.98. The predicted octanol–water partition coefficient (Wildman–Crippen LogP) is 4.20. The average Bonchev–Trinajstić information content (AvgIpc) is 3.10. The largest absolute Gasteiger partial charge is 0.494 e. The van der Waals surface area contributed by atoms with Gasteiger partial charge in [0.25, 0.3) is 0 Å². The molecule has 1 unspecified atom stereocenters. The Hall–Kier alpha value is -2.82. The van der Waals surface area contributed by atoms with Crippen LogP contribution in [0.3, 0.4) is 0 Å². The Morgan fingerprint density at radius 3 is 2.29 bits per heavy atom. The minimum atomic E-state index is -0.353. The van der Waals surface area contributed by atoms with E-state index < -0.39 is 0 Å². The highest BCUT2D eigenvalue weighted by atomic mass is 16.5. The smallest absolute Gasteiger partial charge is 0.229 e. The molecular formula is C23H28N2O3. The fourth-order valence-corrected chi connectivity index (χ4v) is 3.71. The van der Waals surface area contributed by atoms with Crippen molar-refractivity contribution in [2.75, 3.05) is 23.4 Å². The molecule has 1 saturated heterocycles. The summed E-state index contributed by atoms with van der Waals surface area (Å²) in [6.07, 6.45) is 1.95. The highest BCUT2D eigenvalue weighted by molar-refractivity contribution is 6.04. The van der Waals surface area contributed by atoms with Crippen LogP contribution in [0.1, 0.15) is 38.3 Å². The number of aryl methyl sites for hydroxylation is 2. The van der Waals surface area contributed by atoms with Crippen molar-refractivity contribution in [3.05, 3.63) is 53.6 Å². The number of anilines is 2. The van der Waals surface area contributed by atoms with Crippen LogP contribution in [0, 0.1) is 5.92 Å². The number of hydrogen-bond acceptors (Lipinski definition) is 3. The maximum atomic E-state index is 12.7. The zero-order chi connectivity index (χ0) is 20.1. The van der Waals surface area contributed by atoms with E-state index in [0.29, 0.717) is 18.8 Å². The summed E-state index contributed by atoms with van der Waals surface area (Å²) in [4.78, 5) is 27.3. The third kappa shape index (κ3) is 4.19. The maximum absolute atomic E-state index is 12.7. The van der Waals surface area contributed by atoms with E-state index in [0.717, 1.165) is 35.4 Å². The van der Waals surface area contributed by atoms with E-state index in [1.807, 2.05) is 37.3 Å². The lowest BCUT2D eigenvalue weighted by Crippen LogP contribution is -2.29. The zero-order valence-electron chi connectivity index (χ0n) is 16.8. The van der Waals surface area contributed by atoms with Gasteiger partial charge < -0.3 is 15.0 Å². The number of amides is 2. The van der Waals surface area contributed by atoms with Crippen LogP contribution in [0.25, 0.3) is 0 Å². The molecule has 0 spiro atoms. The minimum absolute atomic E-state index is 0.0162. The Labute approximate surface area is 166 Å². The van der Waals surface area contributed by atoms with Crippen LogP contribution in [-0.2, 0) is 22.4 Å². The van der Waals surface area contributed by atoms with Crippen molar-refractivity contribution in [2.24, 2.45) is 5.92 Å². The molecule has 1 aliphatic heterocycles. The molecule has 2 amide bonds. The van der Waals surface area contributed by atoms with Gasteiger partial charge in [-0.1, -0.05) is 32.0 Å². The molecule has 1 atom stereocenters. The van der Waals surface area contributed by atoms with Crippen LogP contribution < -0.4 is 15.0 Å². The number of para-hydroxylation sites is 1. The van der Waals surface area contributed by atoms with Crippen LogP contribution in [0.2, 0.25) is 0 Å². The molecule has 5 nitrogen and oxygen atoms in total. The quantitative estimate of drug-likeness (QED) is 0.783. The first-order valence-corrected chi connectivity index (χ1v) is 10.0. The van der Waals surface area contributed by atoms with Crippen LogP contribution in [-0.4, -0.2) is 25.0 Å². The summed E-state index contributed by atoms with van der Waals surface area (Å²) in [5, 5.41) is 2.93.